The van der Waals surface area contributed by atoms with Gasteiger partial charge in [0.1, 0.15) is 5.75 Å². The average Bonchev–Trinajstić information content (AvgIpc) is 2.30. The van der Waals surface area contributed by atoms with Crippen molar-refractivity contribution in [3.05, 3.63) is 28.8 Å². The van der Waals surface area contributed by atoms with Crippen LogP contribution >= 0.6 is 23.2 Å². The molecule has 0 aliphatic rings. The summed E-state index contributed by atoms with van der Waals surface area (Å²) >= 11 is 11.7. The third-order valence-electron chi connectivity index (χ3n) is 2.17. The molecule has 0 aliphatic heterocycles. The number of hydrogen-bond donors (Lipinski definition) is 0. The largest absolute Gasteiger partial charge is 0.493 e. The molecule has 2 nitrogen and oxygen atoms in total. The van der Waals surface area contributed by atoms with Gasteiger partial charge in [0.05, 0.1) is 12.5 Å². The molecule has 0 aromatic heterocycles. The number of hydrogen-bond acceptors (Lipinski definition) is 2. The molecular formula is C12H16Cl2O2. The molecule has 1 aromatic carbocycles. The van der Waals surface area contributed by atoms with Crippen LogP contribution in [0.1, 0.15) is 18.4 Å². The van der Waals surface area contributed by atoms with Crippen LogP contribution in [0.15, 0.2) is 18.2 Å². The van der Waals surface area contributed by atoms with Crippen LogP contribution in [0.4, 0.5) is 0 Å². The highest BCUT2D eigenvalue weighted by Crippen LogP contribution is 2.24. The molecule has 4 heteroatoms. The maximum atomic E-state index is 5.87. The van der Waals surface area contributed by atoms with Crippen molar-refractivity contribution in [2.24, 2.45) is 0 Å². The molecule has 0 fully saturated rings. The van der Waals surface area contributed by atoms with Gasteiger partial charge in [0.25, 0.3) is 0 Å². The van der Waals surface area contributed by atoms with E-state index in [1.54, 1.807) is 7.11 Å². The molecule has 0 aliphatic carbocycles. The summed E-state index contributed by atoms with van der Waals surface area (Å²) in [5, 5.41) is 0.683. The van der Waals surface area contributed by atoms with Crippen molar-refractivity contribution in [3.8, 4) is 5.75 Å². The Bertz CT molecular complexity index is 316. The number of benzene rings is 1. The predicted octanol–water partition coefficient (Wildman–Crippen LogP) is 3.88. The average molecular weight is 263 g/mol. The zero-order chi connectivity index (χ0) is 11.8. The highest BCUT2D eigenvalue weighted by atomic mass is 35.5. The minimum atomic E-state index is 0.411. The number of ether oxygens (including phenoxy) is 2. The zero-order valence-electron chi connectivity index (χ0n) is 9.34. The summed E-state index contributed by atoms with van der Waals surface area (Å²) in [7, 11) is 1.70. The molecule has 0 radical (unpaired) electrons. The van der Waals surface area contributed by atoms with Gasteiger partial charge < -0.3 is 9.47 Å². The minimum Gasteiger partial charge on any atom is -0.493 e. The summed E-state index contributed by atoms with van der Waals surface area (Å²) in [6.07, 6.45) is 1.97. The summed E-state index contributed by atoms with van der Waals surface area (Å²) in [5.41, 5.74) is 0.931. The predicted molar refractivity (Wildman–Crippen MR) is 67.6 cm³/mol. The Kier molecular flexibility index (Phi) is 6.62. The second-order valence-corrected chi connectivity index (χ2v) is 4.14. The SMILES string of the molecule is COCCCCOc1ccc(Cl)cc1CCl. The fourth-order valence-corrected chi connectivity index (χ4v) is 1.73. The van der Waals surface area contributed by atoms with Gasteiger partial charge in [-0.3, -0.25) is 0 Å². The van der Waals surface area contributed by atoms with Gasteiger partial charge in [0.15, 0.2) is 0 Å². The molecule has 0 heterocycles. The first-order valence-electron chi connectivity index (χ1n) is 5.24. The van der Waals surface area contributed by atoms with Crippen LogP contribution in [0.25, 0.3) is 0 Å². The summed E-state index contributed by atoms with van der Waals surface area (Å²) in [6.45, 7) is 1.45. The number of rotatable bonds is 7. The van der Waals surface area contributed by atoms with Gasteiger partial charge in [-0.05, 0) is 31.0 Å². The Balaban J connectivity index is 2.41. The van der Waals surface area contributed by atoms with Crippen molar-refractivity contribution in [1.82, 2.24) is 0 Å². The molecule has 0 saturated carbocycles. The number of methoxy groups -OCH3 is 1. The summed E-state index contributed by atoms with van der Waals surface area (Å²) < 4.78 is 10.6. The Labute approximate surface area is 106 Å². The van der Waals surface area contributed by atoms with Crippen LogP contribution in [-0.2, 0) is 10.6 Å². The topological polar surface area (TPSA) is 18.5 Å². The van der Waals surface area contributed by atoms with E-state index in [2.05, 4.69) is 0 Å². The van der Waals surface area contributed by atoms with Gasteiger partial charge >= 0.3 is 0 Å². The first kappa shape index (κ1) is 13.6. The monoisotopic (exact) mass is 262 g/mol. The van der Waals surface area contributed by atoms with E-state index in [4.69, 9.17) is 32.7 Å². The van der Waals surface area contributed by atoms with E-state index in [0.29, 0.717) is 17.5 Å². The number of alkyl halides is 1. The van der Waals surface area contributed by atoms with Crippen molar-refractivity contribution >= 4 is 23.2 Å². The van der Waals surface area contributed by atoms with Crippen molar-refractivity contribution < 1.29 is 9.47 Å². The minimum absolute atomic E-state index is 0.411. The van der Waals surface area contributed by atoms with Gasteiger partial charge in [-0.1, -0.05) is 11.6 Å². The number of unbranched alkanes of at least 4 members (excludes halogenated alkanes) is 1. The van der Waals surface area contributed by atoms with Crippen LogP contribution in [0.5, 0.6) is 5.75 Å². The standard InChI is InChI=1S/C12H16Cl2O2/c1-15-6-2-3-7-16-12-5-4-11(14)8-10(12)9-13/h4-5,8H,2-3,6-7,9H2,1H3. The second-order valence-electron chi connectivity index (χ2n) is 3.43. The molecule has 0 saturated heterocycles. The Morgan fingerprint density at radius 2 is 1.94 bits per heavy atom. The summed E-state index contributed by atoms with van der Waals surface area (Å²) in [6, 6.07) is 5.50. The van der Waals surface area contributed by atoms with Crippen LogP contribution in [0, 0.1) is 0 Å². The lowest BCUT2D eigenvalue weighted by Crippen LogP contribution is -2.01. The van der Waals surface area contributed by atoms with Gasteiger partial charge in [-0.25, -0.2) is 0 Å². The first-order valence-corrected chi connectivity index (χ1v) is 6.15. The lowest BCUT2D eigenvalue weighted by Gasteiger charge is -2.10. The van der Waals surface area contributed by atoms with Crippen LogP contribution in [-0.4, -0.2) is 20.3 Å². The Morgan fingerprint density at radius 3 is 2.62 bits per heavy atom. The molecule has 16 heavy (non-hydrogen) atoms. The lowest BCUT2D eigenvalue weighted by atomic mass is 10.2. The lowest BCUT2D eigenvalue weighted by molar-refractivity contribution is 0.184. The third-order valence-corrected chi connectivity index (χ3v) is 2.69. The fraction of sp³-hybridized carbons (Fsp3) is 0.500. The summed E-state index contributed by atoms with van der Waals surface area (Å²) in [4.78, 5) is 0. The van der Waals surface area contributed by atoms with E-state index >= 15 is 0 Å². The van der Waals surface area contributed by atoms with Gasteiger partial charge in [0.2, 0.25) is 0 Å². The van der Waals surface area contributed by atoms with Crippen LogP contribution in [0.2, 0.25) is 5.02 Å². The van der Waals surface area contributed by atoms with Crippen LogP contribution in [0.3, 0.4) is 0 Å². The molecule has 0 N–H and O–H groups in total. The molecule has 0 amide bonds. The van der Waals surface area contributed by atoms with E-state index in [0.717, 1.165) is 30.8 Å². The van der Waals surface area contributed by atoms with E-state index in [-0.39, 0.29) is 0 Å². The zero-order valence-corrected chi connectivity index (χ0v) is 10.9. The van der Waals surface area contributed by atoms with Gasteiger partial charge in [-0.15, -0.1) is 11.6 Å². The second kappa shape index (κ2) is 7.77. The molecule has 0 atom stereocenters. The van der Waals surface area contributed by atoms with E-state index in [9.17, 15) is 0 Å². The van der Waals surface area contributed by atoms with Crippen molar-refractivity contribution in [2.45, 2.75) is 18.7 Å². The molecule has 1 rings (SSSR count). The van der Waals surface area contributed by atoms with E-state index in [1.807, 2.05) is 18.2 Å². The maximum Gasteiger partial charge on any atom is 0.123 e. The summed E-state index contributed by atoms with van der Waals surface area (Å²) in [5.74, 6) is 1.23. The normalized spacial score (nSPS) is 10.4. The molecule has 0 spiro atoms. The maximum absolute atomic E-state index is 5.87. The molecule has 0 bridgehead atoms. The number of halogens is 2. The van der Waals surface area contributed by atoms with Gasteiger partial charge in [0, 0.05) is 24.3 Å². The molecule has 90 valence electrons. The quantitative estimate of drug-likeness (QED) is 0.549. The van der Waals surface area contributed by atoms with E-state index < -0.39 is 0 Å². The van der Waals surface area contributed by atoms with Crippen molar-refractivity contribution in [1.29, 1.82) is 0 Å². The van der Waals surface area contributed by atoms with Crippen LogP contribution < -0.4 is 4.74 Å². The molecule has 1 aromatic rings. The highest BCUT2D eigenvalue weighted by Gasteiger charge is 2.03. The third kappa shape index (κ3) is 4.60. The first-order chi connectivity index (χ1) is 7.77. The highest BCUT2D eigenvalue weighted by molar-refractivity contribution is 6.30. The molecular weight excluding hydrogens is 247 g/mol. The molecule has 0 unspecified atom stereocenters. The van der Waals surface area contributed by atoms with Crippen molar-refractivity contribution in [2.75, 3.05) is 20.3 Å². The van der Waals surface area contributed by atoms with E-state index in [1.165, 1.54) is 0 Å². The Hall–Kier alpha value is -0.440. The Morgan fingerprint density at radius 1 is 1.19 bits per heavy atom. The smallest absolute Gasteiger partial charge is 0.123 e. The van der Waals surface area contributed by atoms with Gasteiger partial charge in [-0.2, -0.15) is 0 Å². The fourth-order valence-electron chi connectivity index (χ4n) is 1.32. The van der Waals surface area contributed by atoms with Crippen molar-refractivity contribution in [3.63, 3.8) is 0 Å².